The second-order valence-corrected chi connectivity index (χ2v) is 6.01. The molecule has 0 fully saturated rings. The third-order valence-corrected chi connectivity index (χ3v) is 4.51. The van der Waals surface area contributed by atoms with Gasteiger partial charge < -0.3 is 5.73 Å². The van der Waals surface area contributed by atoms with E-state index in [2.05, 4.69) is 10.2 Å². The van der Waals surface area contributed by atoms with E-state index < -0.39 is 20.5 Å². The topological polar surface area (TPSA) is 106 Å². The predicted molar refractivity (Wildman–Crippen MR) is 55.0 cm³/mol. The Morgan fingerprint density at radius 1 is 1.67 bits per heavy atom. The van der Waals surface area contributed by atoms with Crippen molar-refractivity contribution < 1.29 is 13.2 Å². The normalized spacial score (nSPS) is 15.9. The van der Waals surface area contributed by atoms with Crippen molar-refractivity contribution >= 4 is 27.3 Å². The number of aromatic amines is 1. The Bertz CT molecular complexity index is 495. The molecule has 8 heteroatoms. The molecule has 0 saturated carbocycles. The first-order valence-corrected chi connectivity index (χ1v) is 6.17. The smallest absolute Gasteiger partial charge is 0.243 e. The molecule has 0 aliphatic heterocycles. The van der Waals surface area contributed by atoms with Gasteiger partial charge in [0.15, 0.2) is 14.6 Å². The lowest BCUT2D eigenvalue weighted by Gasteiger charge is -2.22. The van der Waals surface area contributed by atoms with Crippen LogP contribution in [0.4, 0.5) is 0 Å². The number of hydrogen-bond donors (Lipinski definition) is 2. The maximum atomic E-state index is 11.5. The van der Waals surface area contributed by atoms with Crippen LogP contribution in [0.25, 0.3) is 0 Å². The molecule has 0 radical (unpaired) electrons. The van der Waals surface area contributed by atoms with E-state index in [0.717, 1.165) is 6.26 Å². The summed E-state index contributed by atoms with van der Waals surface area (Å²) in [5.74, 6) is -0.992. The van der Waals surface area contributed by atoms with Gasteiger partial charge in [-0.15, -0.1) is 0 Å². The molecule has 1 aromatic heterocycles. The Morgan fingerprint density at radius 2 is 2.20 bits per heavy atom. The summed E-state index contributed by atoms with van der Waals surface area (Å²) in [6.45, 7) is 1.20. The molecule has 0 spiro atoms. The molecule has 1 rings (SSSR count). The lowest BCUT2D eigenvalue weighted by atomic mass is 10.0. The average Bonchev–Trinajstić information content (AvgIpc) is 2.47. The number of hydrogen-bond acceptors (Lipinski definition) is 4. The van der Waals surface area contributed by atoms with Gasteiger partial charge in [-0.25, -0.2) is 8.42 Å². The first-order valence-electron chi connectivity index (χ1n) is 3.90. The number of H-pyrrole nitrogens is 1. The standard InChI is InChI=1S/C7H10ClN3O3S/c1-7(6(9)12,15(2,13)14)4-3-10-11-5(4)8/h3H,1-2H3,(H2,9,12)(H,10,11). The van der Waals surface area contributed by atoms with Crippen molar-refractivity contribution in [3.05, 3.63) is 16.9 Å². The molecule has 1 unspecified atom stereocenters. The molecular weight excluding hydrogens is 242 g/mol. The summed E-state index contributed by atoms with van der Waals surface area (Å²) >= 11 is 5.68. The number of amides is 1. The predicted octanol–water partition coefficient (Wildman–Crippen LogP) is -0.192. The molecule has 84 valence electrons. The van der Waals surface area contributed by atoms with Gasteiger partial charge >= 0.3 is 0 Å². The molecule has 3 N–H and O–H groups in total. The number of carbonyl (C=O) groups is 1. The number of nitrogens with zero attached hydrogens (tertiary/aromatic N) is 1. The van der Waals surface area contributed by atoms with Gasteiger partial charge in [-0.3, -0.25) is 9.89 Å². The molecule has 1 heterocycles. The zero-order valence-electron chi connectivity index (χ0n) is 8.11. The number of carbonyl (C=O) groups excluding carboxylic acids is 1. The SMILES string of the molecule is CC(C(N)=O)(c1cn[nH]c1Cl)S(C)(=O)=O. The summed E-state index contributed by atoms with van der Waals surface area (Å²) in [5.41, 5.74) is 5.15. The van der Waals surface area contributed by atoms with Crippen molar-refractivity contribution in [2.24, 2.45) is 5.73 Å². The van der Waals surface area contributed by atoms with Crippen molar-refractivity contribution in [2.75, 3.05) is 6.26 Å². The van der Waals surface area contributed by atoms with Crippen LogP contribution in [0.15, 0.2) is 6.20 Å². The number of primary amides is 1. The summed E-state index contributed by atoms with van der Waals surface area (Å²) in [6, 6.07) is 0. The van der Waals surface area contributed by atoms with Crippen LogP contribution in [0.2, 0.25) is 5.15 Å². The van der Waals surface area contributed by atoms with Crippen molar-refractivity contribution in [1.82, 2.24) is 10.2 Å². The molecule has 15 heavy (non-hydrogen) atoms. The van der Waals surface area contributed by atoms with Crippen molar-refractivity contribution in [3.63, 3.8) is 0 Å². The van der Waals surface area contributed by atoms with Crippen LogP contribution >= 0.6 is 11.6 Å². The van der Waals surface area contributed by atoms with Crippen LogP contribution in [-0.4, -0.2) is 30.8 Å². The van der Waals surface area contributed by atoms with E-state index in [1.54, 1.807) is 0 Å². The number of nitrogens with two attached hydrogens (primary N) is 1. The molecule has 0 saturated heterocycles. The van der Waals surface area contributed by atoms with Gasteiger partial charge in [-0.2, -0.15) is 5.10 Å². The van der Waals surface area contributed by atoms with Crippen LogP contribution in [0, 0.1) is 0 Å². The minimum Gasteiger partial charge on any atom is -0.368 e. The fraction of sp³-hybridized carbons (Fsp3) is 0.429. The number of sulfone groups is 1. The number of halogens is 1. The fourth-order valence-electron chi connectivity index (χ4n) is 1.12. The largest absolute Gasteiger partial charge is 0.368 e. The number of aromatic nitrogens is 2. The quantitative estimate of drug-likeness (QED) is 0.776. The monoisotopic (exact) mass is 251 g/mol. The van der Waals surface area contributed by atoms with Crippen molar-refractivity contribution in [2.45, 2.75) is 11.7 Å². The molecule has 1 atom stereocenters. The molecular formula is C7H10ClN3O3S. The van der Waals surface area contributed by atoms with Gasteiger partial charge in [0.05, 0.1) is 6.20 Å². The average molecular weight is 252 g/mol. The highest BCUT2D eigenvalue weighted by Crippen LogP contribution is 2.32. The highest BCUT2D eigenvalue weighted by atomic mass is 35.5. The molecule has 0 aromatic carbocycles. The van der Waals surface area contributed by atoms with Gasteiger partial charge in [-0.1, -0.05) is 11.6 Å². The minimum absolute atomic E-state index is 0.0123. The van der Waals surface area contributed by atoms with Gasteiger partial charge in [0.1, 0.15) is 5.15 Å². The second kappa shape index (κ2) is 3.49. The summed E-state index contributed by atoms with van der Waals surface area (Å²) < 4.78 is 21.2. The van der Waals surface area contributed by atoms with E-state index in [1.165, 1.54) is 13.1 Å². The van der Waals surface area contributed by atoms with Crippen LogP contribution in [0.3, 0.4) is 0 Å². The molecule has 6 nitrogen and oxygen atoms in total. The van der Waals surface area contributed by atoms with E-state index in [4.69, 9.17) is 17.3 Å². The lowest BCUT2D eigenvalue weighted by Crippen LogP contribution is -2.44. The molecule has 0 bridgehead atoms. The first-order chi connectivity index (χ1) is 6.71. The Labute approximate surface area is 91.7 Å². The van der Waals surface area contributed by atoms with E-state index in [1.807, 2.05) is 0 Å². The Kier molecular flexibility index (Phi) is 2.79. The summed E-state index contributed by atoms with van der Waals surface area (Å²) in [5, 5.41) is 5.89. The zero-order valence-corrected chi connectivity index (χ0v) is 9.69. The molecule has 1 aromatic rings. The van der Waals surface area contributed by atoms with E-state index in [9.17, 15) is 13.2 Å². The Morgan fingerprint density at radius 3 is 2.47 bits per heavy atom. The molecule has 0 aliphatic rings. The maximum absolute atomic E-state index is 11.5. The Hall–Kier alpha value is -1.08. The van der Waals surface area contributed by atoms with Crippen LogP contribution in [0.1, 0.15) is 12.5 Å². The van der Waals surface area contributed by atoms with Crippen LogP contribution in [-0.2, 0) is 19.4 Å². The Balaban J connectivity index is 3.53. The summed E-state index contributed by atoms with van der Waals surface area (Å²) in [4.78, 5) is 11.3. The third-order valence-electron chi connectivity index (χ3n) is 2.32. The number of nitrogens with one attached hydrogen (secondary N) is 1. The van der Waals surface area contributed by atoms with Gasteiger partial charge in [-0.05, 0) is 6.92 Å². The second-order valence-electron chi connectivity index (χ2n) is 3.27. The van der Waals surface area contributed by atoms with Crippen LogP contribution < -0.4 is 5.73 Å². The fourth-order valence-corrected chi connectivity index (χ4v) is 2.38. The highest BCUT2D eigenvalue weighted by molar-refractivity contribution is 7.92. The van der Waals surface area contributed by atoms with E-state index in [0.29, 0.717) is 0 Å². The molecule has 1 amide bonds. The van der Waals surface area contributed by atoms with Crippen LogP contribution in [0.5, 0.6) is 0 Å². The first kappa shape index (κ1) is 12.0. The van der Waals surface area contributed by atoms with Gasteiger partial charge in [0.2, 0.25) is 5.91 Å². The molecule has 0 aliphatic carbocycles. The lowest BCUT2D eigenvalue weighted by molar-refractivity contribution is -0.120. The van der Waals surface area contributed by atoms with E-state index in [-0.39, 0.29) is 10.7 Å². The third kappa shape index (κ3) is 1.72. The highest BCUT2D eigenvalue weighted by Gasteiger charge is 2.46. The summed E-state index contributed by atoms with van der Waals surface area (Å²) in [7, 11) is -3.73. The zero-order chi connectivity index (χ0) is 11.9. The van der Waals surface area contributed by atoms with Gasteiger partial charge in [0.25, 0.3) is 0 Å². The minimum atomic E-state index is -3.73. The number of rotatable bonds is 3. The van der Waals surface area contributed by atoms with E-state index >= 15 is 0 Å². The summed E-state index contributed by atoms with van der Waals surface area (Å²) in [6.07, 6.45) is 2.09. The maximum Gasteiger partial charge on any atom is 0.243 e. The van der Waals surface area contributed by atoms with Crippen molar-refractivity contribution in [3.8, 4) is 0 Å². The van der Waals surface area contributed by atoms with Crippen molar-refractivity contribution in [1.29, 1.82) is 0 Å². The van der Waals surface area contributed by atoms with Gasteiger partial charge in [0, 0.05) is 11.8 Å².